The molecule has 2 aliphatic heterocycles. The van der Waals surface area contributed by atoms with E-state index in [1.54, 1.807) is 23.0 Å². The zero-order chi connectivity index (χ0) is 34.3. The number of rotatable bonds is 11. The first kappa shape index (κ1) is 35.0. The molecule has 0 spiro atoms. The van der Waals surface area contributed by atoms with Crippen LogP contribution in [0.2, 0.25) is 0 Å². The van der Waals surface area contributed by atoms with Crippen molar-refractivity contribution in [1.82, 2.24) is 25.1 Å². The molecule has 48 heavy (non-hydrogen) atoms. The standard InChI is InChI=1S/C33H41N6O8P/c1-3-4-20-47-33(42)38-18-16-37(17-19-38)32(41)29(23-10-12-26(13-11-23)48(43,44)45)36-31(40)27-21-28(39-15-14-25(22-39)46-2)35-30(34-27)24-8-6-5-7-9-24/h5-13,21,25,29H,3-4,14-20,22H2,1-2H3,(H,36,40)(H2,43,44,45). The van der Waals surface area contributed by atoms with Crippen molar-refractivity contribution in [1.29, 1.82) is 0 Å². The molecule has 0 saturated carbocycles. The first-order chi connectivity index (χ1) is 23.1. The van der Waals surface area contributed by atoms with E-state index in [1.807, 2.05) is 42.2 Å². The Kier molecular flexibility index (Phi) is 11.4. The lowest BCUT2D eigenvalue weighted by molar-refractivity contribution is -0.135. The summed E-state index contributed by atoms with van der Waals surface area (Å²) in [5.74, 6) is -0.181. The summed E-state index contributed by atoms with van der Waals surface area (Å²) in [6.07, 6.45) is 2.05. The van der Waals surface area contributed by atoms with Crippen LogP contribution in [0.25, 0.3) is 11.4 Å². The highest BCUT2D eigenvalue weighted by atomic mass is 31.2. The molecule has 3 heterocycles. The van der Waals surface area contributed by atoms with Crippen molar-refractivity contribution in [2.75, 3.05) is 57.9 Å². The summed E-state index contributed by atoms with van der Waals surface area (Å²) >= 11 is 0. The van der Waals surface area contributed by atoms with Gasteiger partial charge in [0.15, 0.2) is 5.82 Å². The van der Waals surface area contributed by atoms with Gasteiger partial charge in [0.2, 0.25) is 5.91 Å². The number of methoxy groups -OCH3 is 1. The van der Waals surface area contributed by atoms with Gasteiger partial charge in [-0.1, -0.05) is 55.8 Å². The first-order valence-electron chi connectivity index (χ1n) is 16.0. The van der Waals surface area contributed by atoms with E-state index in [4.69, 9.17) is 14.5 Å². The highest BCUT2D eigenvalue weighted by Crippen LogP contribution is 2.33. The Morgan fingerprint density at radius 2 is 1.67 bits per heavy atom. The Bertz CT molecular complexity index is 1630. The zero-order valence-electron chi connectivity index (χ0n) is 27.0. The van der Waals surface area contributed by atoms with Gasteiger partial charge in [0, 0.05) is 58.0 Å². The lowest BCUT2D eigenvalue weighted by atomic mass is 10.0. The molecule has 3 aromatic rings. The lowest BCUT2D eigenvalue weighted by Gasteiger charge is -2.36. The number of benzene rings is 2. The van der Waals surface area contributed by atoms with Gasteiger partial charge in [-0.25, -0.2) is 14.8 Å². The number of aromatic nitrogens is 2. The second-order valence-corrected chi connectivity index (χ2v) is 13.3. The average molecular weight is 681 g/mol. The van der Waals surface area contributed by atoms with E-state index in [0.717, 1.165) is 19.3 Å². The smallest absolute Gasteiger partial charge is 0.409 e. The van der Waals surface area contributed by atoms with Crippen molar-refractivity contribution in [3.8, 4) is 11.4 Å². The van der Waals surface area contributed by atoms with E-state index in [0.29, 0.717) is 42.5 Å². The molecule has 5 rings (SSSR count). The van der Waals surface area contributed by atoms with Crippen LogP contribution in [0.1, 0.15) is 48.3 Å². The van der Waals surface area contributed by atoms with Crippen LogP contribution in [-0.4, -0.2) is 107 Å². The van der Waals surface area contributed by atoms with Crippen molar-refractivity contribution >= 4 is 36.6 Å². The molecule has 2 saturated heterocycles. The predicted octanol–water partition coefficient (Wildman–Crippen LogP) is 2.72. The third-order valence-electron chi connectivity index (χ3n) is 8.44. The monoisotopic (exact) mass is 680 g/mol. The van der Waals surface area contributed by atoms with Gasteiger partial charge >= 0.3 is 13.7 Å². The van der Waals surface area contributed by atoms with E-state index < -0.39 is 31.5 Å². The highest BCUT2D eigenvalue weighted by Gasteiger charge is 2.33. The fraction of sp³-hybridized carbons (Fsp3) is 0.424. The highest BCUT2D eigenvalue weighted by molar-refractivity contribution is 7.60. The molecule has 0 bridgehead atoms. The molecule has 256 valence electrons. The van der Waals surface area contributed by atoms with Crippen LogP contribution in [0.5, 0.6) is 0 Å². The van der Waals surface area contributed by atoms with Crippen molar-refractivity contribution in [3.05, 3.63) is 71.9 Å². The minimum absolute atomic E-state index is 0.0224. The van der Waals surface area contributed by atoms with Gasteiger partial charge in [-0.2, -0.15) is 0 Å². The Labute approximate surface area is 279 Å². The van der Waals surface area contributed by atoms with Gasteiger partial charge in [-0.05, 0) is 30.5 Å². The number of ether oxygens (including phenoxy) is 2. The molecule has 0 aliphatic carbocycles. The van der Waals surface area contributed by atoms with E-state index in [2.05, 4.69) is 10.3 Å². The number of anilines is 1. The van der Waals surface area contributed by atoms with Gasteiger partial charge < -0.3 is 39.3 Å². The summed E-state index contributed by atoms with van der Waals surface area (Å²) in [6, 6.07) is 14.9. The number of carbonyl (C=O) groups excluding carboxylic acids is 3. The van der Waals surface area contributed by atoms with Crippen molar-refractivity contribution in [3.63, 3.8) is 0 Å². The third-order valence-corrected chi connectivity index (χ3v) is 9.41. The fourth-order valence-electron chi connectivity index (χ4n) is 5.60. The van der Waals surface area contributed by atoms with E-state index in [1.165, 1.54) is 24.3 Å². The minimum Gasteiger partial charge on any atom is -0.449 e. The molecule has 1 aromatic heterocycles. The first-order valence-corrected chi connectivity index (χ1v) is 17.6. The number of carbonyl (C=O) groups is 3. The Morgan fingerprint density at radius 1 is 0.979 bits per heavy atom. The number of piperazine rings is 1. The van der Waals surface area contributed by atoms with Gasteiger partial charge in [-0.15, -0.1) is 0 Å². The second-order valence-electron chi connectivity index (χ2n) is 11.7. The van der Waals surface area contributed by atoms with Crippen molar-refractivity contribution in [2.24, 2.45) is 0 Å². The fourth-order valence-corrected chi connectivity index (χ4v) is 6.14. The Morgan fingerprint density at radius 3 is 2.29 bits per heavy atom. The molecule has 15 heteroatoms. The Hall–Kier alpha value is -4.36. The van der Waals surface area contributed by atoms with Gasteiger partial charge in [0.25, 0.3) is 5.91 Å². The largest absolute Gasteiger partial charge is 0.449 e. The molecule has 3 amide bonds. The van der Waals surface area contributed by atoms with E-state index in [-0.39, 0.29) is 43.3 Å². The molecule has 2 atom stereocenters. The number of unbranched alkanes of at least 4 members (excludes halogenated alkanes) is 1. The average Bonchev–Trinajstić information content (AvgIpc) is 3.60. The summed E-state index contributed by atoms with van der Waals surface area (Å²) in [6.45, 7) is 4.52. The Balaban J connectivity index is 1.41. The van der Waals surface area contributed by atoms with Crippen LogP contribution >= 0.6 is 7.60 Å². The van der Waals surface area contributed by atoms with Gasteiger partial charge in [0.1, 0.15) is 17.6 Å². The molecule has 3 N–H and O–H groups in total. The normalized spacial score (nSPS) is 17.2. The van der Waals surface area contributed by atoms with Crippen molar-refractivity contribution < 1.29 is 38.2 Å². The number of hydrogen-bond donors (Lipinski definition) is 3. The maximum atomic E-state index is 14.0. The van der Waals surface area contributed by atoms with E-state index in [9.17, 15) is 28.7 Å². The van der Waals surface area contributed by atoms with Crippen LogP contribution in [0, 0.1) is 0 Å². The third kappa shape index (κ3) is 8.56. The molecule has 2 aliphatic rings. The summed E-state index contributed by atoms with van der Waals surface area (Å²) < 4.78 is 22.7. The maximum absolute atomic E-state index is 14.0. The van der Waals surface area contributed by atoms with E-state index >= 15 is 0 Å². The second kappa shape index (κ2) is 15.7. The number of hydrogen-bond acceptors (Lipinski definition) is 9. The van der Waals surface area contributed by atoms with Crippen LogP contribution < -0.4 is 15.5 Å². The topological polar surface area (TPSA) is 175 Å². The summed E-state index contributed by atoms with van der Waals surface area (Å²) in [5.41, 5.74) is 1.08. The molecule has 2 fully saturated rings. The molecule has 2 aromatic carbocycles. The number of nitrogens with zero attached hydrogens (tertiary/aromatic N) is 5. The lowest BCUT2D eigenvalue weighted by Crippen LogP contribution is -2.53. The molecular formula is C33H41N6O8P. The SMILES string of the molecule is CCCCOC(=O)N1CCN(C(=O)C(NC(=O)c2cc(N3CCC(OC)C3)nc(-c3ccccc3)n2)c2ccc(P(=O)(O)O)cc2)CC1. The number of nitrogens with one attached hydrogen (secondary N) is 1. The summed E-state index contributed by atoms with van der Waals surface area (Å²) in [5, 5.41) is 2.61. The quantitative estimate of drug-likeness (QED) is 0.201. The molecule has 2 unspecified atom stereocenters. The number of amides is 3. The predicted molar refractivity (Wildman–Crippen MR) is 178 cm³/mol. The molecule has 14 nitrogen and oxygen atoms in total. The van der Waals surface area contributed by atoms with Crippen molar-refractivity contribution in [2.45, 2.75) is 38.3 Å². The van der Waals surface area contributed by atoms with Crippen LogP contribution in [0.15, 0.2) is 60.7 Å². The summed E-state index contributed by atoms with van der Waals surface area (Å²) in [7, 11) is -2.88. The summed E-state index contributed by atoms with van der Waals surface area (Å²) in [4.78, 5) is 74.2. The van der Waals surface area contributed by atoms with Crippen LogP contribution in [0.4, 0.5) is 10.6 Å². The van der Waals surface area contributed by atoms with Crippen LogP contribution in [-0.2, 0) is 18.8 Å². The molecular weight excluding hydrogens is 639 g/mol. The molecule has 0 radical (unpaired) electrons. The minimum atomic E-state index is -4.54. The van der Waals surface area contributed by atoms with Gasteiger partial charge in [0.05, 0.1) is 18.0 Å². The van der Waals surface area contributed by atoms with Crippen LogP contribution in [0.3, 0.4) is 0 Å². The van der Waals surface area contributed by atoms with Gasteiger partial charge in [-0.3, -0.25) is 14.2 Å². The zero-order valence-corrected chi connectivity index (χ0v) is 27.9. The maximum Gasteiger partial charge on any atom is 0.409 e.